The van der Waals surface area contributed by atoms with Gasteiger partial charge in [-0.3, -0.25) is 4.98 Å². The first-order chi connectivity index (χ1) is 8.43. The van der Waals surface area contributed by atoms with Crippen molar-refractivity contribution in [2.24, 2.45) is 0 Å². The van der Waals surface area contributed by atoms with E-state index < -0.39 is 0 Å². The standard InChI is InChI=1S/C11H13N5O/c1-2-4-13-8(3-1)10-15-11(17-16-10)9-7-12-5-6-14-9/h5-8,13H,1-4H2. The average Bonchev–Trinajstić information content (AvgIpc) is 2.90. The average molecular weight is 231 g/mol. The molecule has 3 heterocycles. The van der Waals surface area contributed by atoms with Crippen LogP contribution in [0.15, 0.2) is 23.1 Å². The van der Waals surface area contributed by atoms with Gasteiger partial charge in [-0.15, -0.1) is 0 Å². The summed E-state index contributed by atoms with van der Waals surface area (Å²) in [5.41, 5.74) is 0.613. The Morgan fingerprint density at radius 2 is 2.29 bits per heavy atom. The van der Waals surface area contributed by atoms with Crippen LogP contribution in [-0.4, -0.2) is 26.7 Å². The van der Waals surface area contributed by atoms with Gasteiger partial charge in [-0.2, -0.15) is 4.98 Å². The van der Waals surface area contributed by atoms with Gasteiger partial charge in [0.15, 0.2) is 5.82 Å². The topological polar surface area (TPSA) is 76.7 Å². The van der Waals surface area contributed by atoms with Gasteiger partial charge in [0.25, 0.3) is 5.89 Å². The molecule has 1 atom stereocenters. The first-order valence-corrected chi connectivity index (χ1v) is 5.77. The van der Waals surface area contributed by atoms with Crippen molar-refractivity contribution in [3.63, 3.8) is 0 Å². The zero-order valence-electron chi connectivity index (χ0n) is 9.33. The van der Waals surface area contributed by atoms with Crippen molar-refractivity contribution in [3.8, 4) is 11.6 Å². The van der Waals surface area contributed by atoms with Crippen LogP contribution < -0.4 is 5.32 Å². The number of nitrogens with zero attached hydrogens (tertiary/aromatic N) is 4. The zero-order chi connectivity index (χ0) is 11.5. The van der Waals surface area contributed by atoms with Crippen LogP contribution in [0.2, 0.25) is 0 Å². The van der Waals surface area contributed by atoms with Gasteiger partial charge in [0, 0.05) is 12.4 Å². The molecule has 1 N–H and O–H groups in total. The van der Waals surface area contributed by atoms with Crippen LogP contribution in [0.25, 0.3) is 11.6 Å². The van der Waals surface area contributed by atoms with Crippen LogP contribution in [-0.2, 0) is 0 Å². The molecule has 2 aromatic heterocycles. The van der Waals surface area contributed by atoms with E-state index in [1.165, 1.54) is 12.8 Å². The summed E-state index contributed by atoms with van der Waals surface area (Å²) >= 11 is 0. The molecule has 1 fully saturated rings. The van der Waals surface area contributed by atoms with E-state index in [1.807, 2.05) is 0 Å². The molecule has 1 saturated heterocycles. The first-order valence-electron chi connectivity index (χ1n) is 5.77. The summed E-state index contributed by atoms with van der Waals surface area (Å²) < 4.78 is 5.20. The fraction of sp³-hybridized carbons (Fsp3) is 0.455. The van der Waals surface area contributed by atoms with Gasteiger partial charge in [0.05, 0.1) is 12.2 Å². The summed E-state index contributed by atoms with van der Waals surface area (Å²) in [5.74, 6) is 1.14. The van der Waals surface area contributed by atoms with Gasteiger partial charge < -0.3 is 9.84 Å². The van der Waals surface area contributed by atoms with Crippen molar-refractivity contribution in [3.05, 3.63) is 24.4 Å². The van der Waals surface area contributed by atoms with Crippen molar-refractivity contribution >= 4 is 0 Å². The van der Waals surface area contributed by atoms with Crippen LogP contribution in [0, 0.1) is 0 Å². The van der Waals surface area contributed by atoms with E-state index in [1.54, 1.807) is 18.6 Å². The Kier molecular flexibility index (Phi) is 2.79. The van der Waals surface area contributed by atoms with E-state index in [-0.39, 0.29) is 6.04 Å². The molecular weight excluding hydrogens is 218 g/mol. The highest BCUT2D eigenvalue weighted by molar-refractivity contribution is 5.43. The normalized spacial score (nSPS) is 20.4. The molecule has 2 aromatic rings. The van der Waals surface area contributed by atoms with Gasteiger partial charge in [-0.05, 0) is 19.4 Å². The van der Waals surface area contributed by atoms with E-state index in [2.05, 4.69) is 25.4 Å². The summed E-state index contributed by atoms with van der Waals surface area (Å²) in [6.45, 7) is 1.01. The fourth-order valence-electron chi connectivity index (χ4n) is 1.96. The molecule has 1 unspecified atom stereocenters. The quantitative estimate of drug-likeness (QED) is 0.840. The van der Waals surface area contributed by atoms with Crippen molar-refractivity contribution in [1.82, 2.24) is 25.4 Å². The van der Waals surface area contributed by atoms with Crippen LogP contribution in [0.4, 0.5) is 0 Å². The second-order valence-electron chi connectivity index (χ2n) is 4.05. The van der Waals surface area contributed by atoms with Crippen LogP contribution in [0.1, 0.15) is 31.1 Å². The molecule has 3 rings (SSSR count). The number of rotatable bonds is 2. The highest BCUT2D eigenvalue weighted by Gasteiger charge is 2.21. The molecule has 0 bridgehead atoms. The lowest BCUT2D eigenvalue weighted by molar-refractivity contribution is 0.366. The summed E-state index contributed by atoms with van der Waals surface area (Å²) in [4.78, 5) is 12.5. The Bertz CT molecular complexity index is 478. The third-order valence-electron chi connectivity index (χ3n) is 2.85. The Morgan fingerprint density at radius 1 is 1.29 bits per heavy atom. The maximum absolute atomic E-state index is 5.20. The van der Waals surface area contributed by atoms with Gasteiger partial charge in [-0.25, -0.2) is 4.98 Å². The van der Waals surface area contributed by atoms with Crippen LogP contribution in [0.3, 0.4) is 0 Å². The Balaban J connectivity index is 1.83. The predicted molar refractivity (Wildman–Crippen MR) is 59.9 cm³/mol. The molecule has 6 nitrogen and oxygen atoms in total. The summed E-state index contributed by atoms with van der Waals surface area (Å²) in [6, 6.07) is 0.206. The highest BCUT2D eigenvalue weighted by atomic mass is 16.5. The molecule has 17 heavy (non-hydrogen) atoms. The largest absolute Gasteiger partial charge is 0.332 e. The number of piperidine rings is 1. The first kappa shape index (κ1) is 10.3. The molecular formula is C11H13N5O. The molecule has 0 amide bonds. The van der Waals surface area contributed by atoms with Crippen LogP contribution in [0.5, 0.6) is 0 Å². The maximum atomic E-state index is 5.20. The molecule has 1 aliphatic rings. The fourth-order valence-corrected chi connectivity index (χ4v) is 1.96. The summed E-state index contributed by atoms with van der Waals surface area (Å²) in [6.07, 6.45) is 8.31. The maximum Gasteiger partial charge on any atom is 0.278 e. The summed E-state index contributed by atoms with van der Waals surface area (Å²) in [7, 11) is 0. The van der Waals surface area contributed by atoms with Crippen molar-refractivity contribution in [2.75, 3.05) is 6.54 Å². The molecule has 0 aliphatic carbocycles. The van der Waals surface area contributed by atoms with E-state index in [4.69, 9.17) is 4.52 Å². The third-order valence-corrected chi connectivity index (χ3v) is 2.85. The lowest BCUT2D eigenvalue weighted by Gasteiger charge is -2.19. The SMILES string of the molecule is c1cnc(-c2nc(C3CCCCN3)no2)cn1. The Hall–Kier alpha value is -1.82. The van der Waals surface area contributed by atoms with Gasteiger partial charge in [0.2, 0.25) is 0 Å². The summed E-state index contributed by atoms with van der Waals surface area (Å²) in [5, 5.41) is 7.38. The monoisotopic (exact) mass is 231 g/mol. The van der Waals surface area contributed by atoms with Crippen molar-refractivity contribution in [2.45, 2.75) is 25.3 Å². The number of hydrogen-bond donors (Lipinski definition) is 1. The van der Waals surface area contributed by atoms with E-state index in [0.29, 0.717) is 17.4 Å². The number of hydrogen-bond acceptors (Lipinski definition) is 6. The molecule has 1 aliphatic heterocycles. The molecule has 0 saturated carbocycles. The predicted octanol–water partition coefficient (Wildman–Crippen LogP) is 1.34. The molecule has 0 spiro atoms. The van der Waals surface area contributed by atoms with Gasteiger partial charge >= 0.3 is 0 Å². The molecule has 0 radical (unpaired) electrons. The Labute approximate surface area is 98.5 Å². The van der Waals surface area contributed by atoms with Crippen molar-refractivity contribution in [1.29, 1.82) is 0 Å². The molecule has 6 heteroatoms. The Morgan fingerprint density at radius 3 is 3.06 bits per heavy atom. The van der Waals surface area contributed by atoms with Gasteiger partial charge in [0.1, 0.15) is 5.69 Å². The van der Waals surface area contributed by atoms with E-state index in [0.717, 1.165) is 13.0 Å². The lowest BCUT2D eigenvalue weighted by atomic mass is 10.0. The van der Waals surface area contributed by atoms with Crippen LogP contribution >= 0.6 is 0 Å². The molecule has 88 valence electrons. The van der Waals surface area contributed by atoms with Crippen molar-refractivity contribution < 1.29 is 4.52 Å². The minimum Gasteiger partial charge on any atom is -0.332 e. The smallest absolute Gasteiger partial charge is 0.278 e. The minimum atomic E-state index is 0.206. The second-order valence-corrected chi connectivity index (χ2v) is 4.05. The minimum absolute atomic E-state index is 0.206. The number of nitrogens with one attached hydrogen (secondary N) is 1. The lowest BCUT2D eigenvalue weighted by Crippen LogP contribution is -2.27. The third kappa shape index (κ3) is 2.16. The highest BCUT2D eigenvalue weighted by Crippen LogP contribution is 2.22. The van der Waals surface area contributed by atoms with E-state index in [9.17, 15) is 0 Å². The van der Waals surface area contributed by atoms with E-state index >= 15 is 0 Å². The zero-order valence-corrected chi connectivity index (χ0v) is 9.33. The second kappa shape index (κ2) is 4.58. The van der Waals surface area contributed by atoms with Gasteiger partial charge in [-0.1, -0.05) is 11.6 Å². The number of aromatic nitrogens is 4. The molecule has 0 aromatic carbocycles.